The lowest BCUT2D eigenvalue weighted by atomic mass is 9.80. The Kier molecular flexibility index (Phi) is 14.2. The van der Waals surface area contributed by atoms with Gasteiger partial charge in [0.25, 0.3) is 0 Å². The number of hydrogen-bond donors (Lipinski definition) is 1. The van der Waals surface area contributed by atoms with E-state index in [1.807, 2.05) is 0 Å². The zero-order valence-electron chi connectivity index (χ0n) is 24.1. The van der Waals surface area contributed by atoms with Crippen LogP contribution in [0.5, 0.6) is 0 Å². The largest absolute Gasteiger partial charge is 0.396 e. The summed E-state index contributed by atoms with van der Waals surface area (Å²) in [4.78, 5) is 0. The molecule has 0 aromatic rings. The minimum Gasteiger partial charge on any atom is -0.396 e. The van der Waals surface area contributed by atoms with E-state index in [2.05, 4.69) is 45.1 Å². The van der Waals surface area contributed by atoms with Crippen molar-refractivity contribution in [3.63, 3.8) is 0 Å². The number of aliphatic hydroxyl groups excluding tert-OH is 1. The van der Waals surface area contributed by atoms with E-state index in [0.717, 1.165) is 71.0 Å². The molecule has 2 aliphatic heterocycles. The maximum atomic E-state index is 9.02. The molecule has 5 heteroatoms. The summed E-state index contributed by atoms with van der Waals surface area (Å²) >= 11 is 0. The van der Waals surface area contributed by atoms with Crippen LogP contribution in [0.4, 0.5) is 0 Å². The maximum Gasteiger partial charge on any atom is 0.158 e. The molecule has 0 aromatic heterocycles. The highest BCUT2D eigenvalue weighted by Crippen LogP contribution is 2.41. The summed E-state index contributed by atoms with van der Waals surface area (Å²) in [5.41, 5.74) is 0.0553. The average molecular weight is 521 g/mol. The van der Waals surface area contributed by atoms with Gasteiger partial charge in [0.1, 0.15) is 0 Å². The van der Waals surface area contributed by atoms with Crippen LogP contribution < -0.4 is 0 Å². The number of aliphatic hydroxyl groups is 1. The van der Waals surface area contributed by atoms with Crippen LogP contribution in [0.1, 0.15) is 117 Å². The van der Waals surface area contributed by atoms with Gasteiger partial charge >= 0.3 is 0 Å². The van der Waals surface area contributed by atoms with E-state index < -0.39 is 0 Å². The zero-order valence-corrected chi connectivity index (χ0v) is 24.1. The summed E-state index contributed by atoms with van der Waals surface area (Å²) in [7, 11) is 0. The van der Waals surface area contributed by atoms with Crippen molar-refractivity contribution in [1.82, 2.24) is 0 Å². The molecule has 1 N–H and O–H groups in total. The van der Waals surface area contributed by atoms with E-state index in [0.29, 0.717) is 11.8 Å². The third kappa shape index (κ3) is 10.8. The molecular weight excluding hydrogens is 464 g/mol. The van der Waals surface area contributed by atoms with Gasteiger partial charge in [-0.1, -0.05) is 57.9 Å². The summed E-state index contributed by atoms with van der Waals surface area (Å²) in [6.07, 6.45) is 26.1. The molecule has 2 saturated heterocycles. The van der Waals surface area contributed by atoms with E-state index in [-0.39, 0.29) is 36.8 Å². The van der Waals surface area contributed by atoms with Crippen molar-refractivity contribution in [2.75, 3.05) is 19.8 Å². The van der Waals surface area contributed by atoms with Crippen LogP contribution in [0.2, 0.25) is 0 Å². The first-order valence-electron chi connectivity index (χ1n) is 15.5. The molecule has 0 radical (unpaired) electrons. The lowest BCUT2D eigenvalue weighted by Crippen LogP contribution is -2.37. The standard InChI is InChI=1S/C32H56O5/c1-4-5-22-32(2,3)29(37-31-17-11-14-25-35-31)21-19-27-26(15-9-7-6-8-12-23-33)18-20-28(27)36-30-16-10-13-24-34-30/h6-7,19,21,26-31,33H,4-5,8-18,20,22-25H2,1-3H3/t26-,27+,28?,29?,30?,31?/m0/s1. The van der Waals surface area contributed by atoms with Crippen LogP contribution in [-0.2, 0) is 18.9 Å². The van der Waals surface area contributed by atoms with Gasteiger partial charge in [-0.25, -0.2) is 0 Å². The molecule has 1 saturated carbocycles. The van der Waals surface area contributed by atoms with Crippen LogP contribution >= 0.6 is 0 Å². The van der Waals surface area contributed by atoms with Gasteiger partial charge in [0, 0.05) is 25.7 Å². The van der Waals surface area contributed by atoms with Crippen molar-refractivity contribution in [3.8, 4) is 0 Å². The molecule has 6 atom stereocenters. The van der Waals surface area contributed by atoms with Gasteiger partial charge in [0.15, 0.2) is 12.6 Å². The number of ether oxygens (including phenoxy) is 4. The first-order chi connectivity index (χ1) is 18.0. The number of hydrogen-bond acceptors (Lipinski definition) is 5. The fraction of sp³-hybridized carbons (Fsp3) is 0.875. The molecule has 5 nitrogen and oxygen atoms in total. The molecule has 1 aliphatic carbocycles. The topological polar surface area (TPSA) is 57.2 Å². The Morgan fingerprint density at radius 1 is 0.919 bits per heavy atom. The van der Waals surface area contributed by atoms with Crippen molar-refractivity contribution < 1.29 is 24.1 Å². The zero-order chi connectivity index (χ0) is 26.3. The Labute approximate surface area is 227 Å². The van der Waals surface area contributed by atoms with Gasteiger partial charge in [-0.05, 0) is 94.8 Å². The third-order valence-electron chi connectivity index (χ3n) is 8.55. The van der Waals surface area contributed by atoms with E-state index in [1.54, 1.807) is 0 Å². The minimum atomic E-state index is -0.0876. The normalized spacial score (nSPS) is 30.4. The van der Waals surface area contributed by atoms with Gasteiger partial charge in [-0.2, -0.15) is 0 Å². The molecule has 37 heavy (non-hydrogen) atoms. The van der Waals surface area contributed by atoms with Gasteiger partial charge in [0.05, 0.1) is 12.2 Å². The van der Waals surface area contributed by atoms with Gasteiger partial charge in [-0.15, -0.1) is 0 Å². The summed E-state index contributed by atoms with van der Waals surface area (Å²) < 4.78 is 25.2. The van der Waals surface area contributed by atoms with Gasteiger partial charge in [0.2, 0.25) is 0 Å². The minimum absolute atomic E-state index is 0.0355. The first kappa shape index (κ1) is 30.8. The van der Waals surface area contributed by atoms with E-state index in [4.69, 9.17) is 24.1 Å². The molecule has 214 valence electrons. The molecule has 0 spiro atoms. The van der Waals surface area contributed by atoms with Crippen LogP contribution in [-0.4, -0.2) is 49.7 Å². The Balaban J connectivity index is 1.70. The highest BCUT2D eigenvalue weighted by atomic mass is 16.7. The predicted molar refractivity (Wildman–Crippen MR) is 150 cm³/mol. The van der Waals surface area contributed by atoms with Crippen LogP contribution in [0.3, 0.4) is 0 Å². The molecule has 0 amide bonds. The number of allylic oxidation sites excluding steroid dienone is 2. The van der Waals surface area contributed by atoms with Gasteiger partial charge < -0.3 is 24.1 Å². The van der Waals surface area contributed by atoms with Crippen LogP contribution in [0, 0.1) is 17.3 Å². The third-order valence-corrected chi connectivity index (χ3v) is 8.55. The molecule has 0 bridgehead atoms. The van der Waals surface area contributed by atoms with E-state index in [1.165, 1.54) is 38.5 Å². The van der Waals surface area contributed by atoms with Crippen LogP contribution in [0.15, 0.2) is 24.3 Å². The second kappa shape index (κ2) is 17.1. The average Bonchev–Trinajstić information content (AvgIpc) is 3.29. The quantitative estimate of drug-likeness (QED) is 0.167. The summed E-state index contributed by atoms with van der Waals surface area (Å²) in [6, 6.07) is 0. The molecule has 4 unspecified atom stereocenters. The molecule has 0 aromatic carbocycles. The monoisotopic (exact) mass is 520 g/mol. The van der Waals surface area contributed by atoms with Crippen molar-refractivity contribution >= 4 is 0 Å². The van der Waals surface area contributed by atoms with Crippen LogP contribution in [0.25, 0.3) is 0 Å². The highest BCUT2D eigenvalue weighted by Gasteiger charge is 2.38. The lowest BCUT2D eigenvalue weighted by molar-refractivity contribution is -0.198. The van der Waals surface area contributed by atoms with Crippen molar-refractivity contribution in [1.29, 1.82) is 0 Å². The predicted octanol–water partition coefficient (Wildman–Crippen LogP) is 7.72. The lowest BCUT2D eigenvalue weighted by Gasteiger charge is -2.36. The van der Waals surface area contributed by atoms with Crippen molar-refractivity contribution in [2.24, 2.45) is 17.3 Å². The van der Waals surface area contributed by atoms with E-state index >= 15 is 0 Å². The number of unbranched alkanes of at least 4 members (excludes halogenated alkanes) is 2. The Morgan fingerprint density at radius 2 is 1.65 bits per heavy atom. The Hall–Kier alpha value is -0.720. The first-order valence-corrected chi connectivity index (χ1v) is 15.5. The molecule has 3 fully saturated rings. The summed E-state index contributed by atoms with van der Waals surface area (Å²) in [5.74, 6) is 0.995. The Bertz CT molecular complexity index is 648. The fourth-order valence-corrected chi connectivity index (χ4v) is 6.09. The maximum absolute atomic E-state index is 9.02. The second-order valence-electron chi connectivity index (χ2n) is 12.1. The van der Waals surface area contributed by atoms with Gasteiger partial charge in [-0.3, -0.25) is 0 Å². The van der Waals surface area contributed by atoms with Crippen molar-refractivity contribution in [3.05, 3.63) is 24.3 Å². The molecular formula is C32H56O5. The molecule has 3 aliphatic rings. The van der Waals surface area contributed by atoms with Crippen molar-refractivity contribution in [2.45, 2.75) is 142 Å². The number of rotatable bonds is 16. The molecule has 2 heterocycles. The summed E-state index contributed by atoms with van der Waals surface area (Å²) in [5, 5.41) is 9.02. The SMILES string of the molecule is CCCCC(C)(C)C(C=C[C@H]1C(OC2CCCCO2)CC[C@@H]1CCC=CCCCO)OC1CCCCO1. The highest BCUT2D eigenvalue weighted by molar-refractivity contribution is 5.06. The Morgan fingerprint density at radius 3 is 2.32 bits per heavy atom. The smallest absolute Gasteiger partial charge is 0.158 e. The molecule has 3 rings (SSSR count). The summed E-state index contributed by atoms with van der Waals surface area (Å²) in [6.45, 7) is 8.88. The fourth-order valence-electron chi connectivity index (χ4n) is 6.09. The second-order valence-corrected chi connectivity index (χ2v) is 12.1. The van der Waals surface area contributed by atoms with E-state index in [9.17, 15) is 0 Å².